The van der Waals surface area contributed by atoms with Crippen LogP contribution in [0.25, 0.3) is 23.0 Å². The van der Waals surface area contributed by atoms with Crippen LogP contribution in [-0.4, -0.2) is 20.6 Å². The molecule has 0 bridgehead atoms. The van der Waals surface area contributed by atoms with E-state index in [1.165, 1.54) is 12.1 Å². The third-order valence-electron chi connectivity index (χ3n) is 4.75. The van der Waals surface area contributed by atoms with Crippen molar-refractivity contribution in [1.82, 2.24) is 14.7 Å². The van der Waals surface area contributed by atoms with Gasteiger partial charge < -0.3 is 14.4 Å². The molecule has 0 atom stereocenters. The maximum Gasteiger partial charge on any atom is 0.274 e. The number of hydrogen-bond donors (Lipinski definition) is 1. The average molecular weight is 404 g/mol. The number of carbonyl (C=O) groups excluding carboxylic acids is 1. The minimum atomic E-state index is -0.332. The highest BCUT2D eigenvalue weighted by Crippen LogP contribution is 2.25. The molecule has 2 aromatic carbocycles. The number of carbonyl (C=O) groups is 1. The maximum atomic E-state index is 13.1. The molecule has 6 nitrogen and oxygen atoms in total. The van der Waals surface area contributed by atoms with Crippen molar-refractivity contribution >= 4 is 11.6 Å². The first kappa shape index (κ1) is 19.6. The fourth-order valence-electron chi connectivity index (χ4n) is 3.25. The van der Waals surface area contributed by atoms with E-state index in [4.69, 9.17) is 4.52 Å². The number of nitrogens with one attached hydrogen (secondary N) is 1. The van der Waals surface area contributed by atoms with Crippen molar-refractivity contribution in [3.63, 3.8) is 0 Å². The highest BCUT2D eigenvalue weighted by Gasteiger charge is 2.16. The molecule has 0 saturated carbocycles. The van der Waals surface area contributed by atoms with E-state index < -0.39 is 0 Å². The Morgan fingerprint density at radius 3 is 2.63 bits per heavy atom. The zero-order valence-electron chi connectivity index (χ0n) is 16.7. The Kier molecular flexibility index (Phi) is 5.43. The molecule has 0 unspecified atom stereocenters. The highest BCUT2D eigenvalue weighted by molar-refractivity contribution is 5.91. The second kappa shape index (κ2) is 8.32. The van der Waals surface area contributed by atoms with Gasteiger partial charge in [0.1, 0.15) is 18.1 Å². The first-order valence-electron chi connectivity index (χ1n) is 9.65. The number of benzene rings is 2. The fraction of sp³-hybridized carbons (Fsp3) is 0.174. The van der Waals surface area contributed by atoms with E-state index in [2.05, 4.69) is 29.3 Å². The molecule has 0 aliphatic heterocycles. The molecule has 0 spiro atoms. The number of para-hydroxylation sites is 1. The molecular weight excluding hydrogens is 383 g/mol. The summed E-state index contributed by atoms with van der Waals surface area (Å²) in [4.78, 5) is 17.1. The largest absolute Gasteiger partial charge is 0.334 e. The first-order chi connectivity index (χ1) is 14.5. The molecule has 2 aromatic heterocycles. The number of aromatic nitrogens is 3. The van der Waals surface area contributed by atoms with Crippen LogP contribution in [0, 0.1) is 5.82 Å². The Balaban J connectivity index is 1.52. The minimum absolute atomic E-state index is 0.100. The van der Waals surface area contributed by atoms with Crippen molar-refractivity contribution in [2.45, 2.75) is 26.3 Å². The molecule has 4 rings (SSSR count). The van der Waals surface area contributed by atoms with Gasteiger partial charge in [0, 0.05) is 17.4 Å². The Morgan fingerprint density at radius 2 is 1.87 bits per heavy atom. The SMILES string of the molecule is CC(C)c1ccccc1NC(=O)Cn1cccc1-c1nc(-c2ccc(F)cc2)no1. The van der Waals surface area contributed by atoms with E-state index >= 15 is 0 Å². The standard InChI is InChI=1S/C23H21FN4O2/c1-15(2)18-6-3-4-7-19(18)25-21(29)14-28-13-5-8-20(28)23-26-22(27-30-23)16-9-11-17(24)12-10-16/h3-13,15H,14H2,1-2H3,(H,25,29). The molecule has 1 N–H and O–H groups in total. The summed E-state index contributed by atoms with van der Waals surface area (Å²) in [6.45, 7) is 4.27. The van der Waals surface area contributed by atoms with Crippen LogP contribution in [0.4, 0.5) is 10.1 Å². The van der Waals surface area contributed by atoms with Crippen molar-refractivity contribution in [3.8, 4) is 23.0 Å². The van der Waals surface area contributed by atoms with Crippen LogP contribution in [0.15, 0.2) is 71.4 Å². The number of anilines is 1. The van der Waals surface area contributed by atoms with Crippen LogP contribution in [0.1, 0.15) is 25.3 Å². The monoisotopic (exact) mass is 404 g/mol. The van der Waals surface area contributed by atoms with Gasteiger partial charge in [0.05, 0.1) is 0 Å². The van der Waals surface area contributed by atoms with Crippen LogP contribution in [-0.2, 0) is 11.3 Å². The number of halogens is 1. The van der Waals surface area contributed by atoms with Crippen LogP contribution in [0.2, 0.25) is 0 Å². The smallest absolute Gasteiger partial charge is 0.274 e. The number of hydrogen-bond acceptors (Lipinski definition) is 4. The van der Waals surface area contributed by atoms with Crippen LogP contribution in [0.5, 0.6) is 0 Å². The van der Waals surface area contributed by atoms with Crippen molar-refractivity contribution < 1.29 is 13.7 Å². The van der Waals surface area contributed by atoms with Crippen LogP contribution >= 0.6 is 0 Å². The van der Waals surface area contributed by atoms with Gasteiger partial charge in [0.25, 0.3) is 5.89 Å². The molecule has 1 amide bonds. The summed E-state index contributed by atoms with van der Waals surface area (Å²) >= 11 is 0. The van der Waals surface area contributed by atoms with Gasteiger partial charge in [0.2, 0.25) is 11.7 Å². The van der Waals surface area contributed by atoms with Gasteiger partial charge in [-0.1, -0.05) is 37.2 Å². The molecular formula is C23H21FN4O2. The highest BCUT2D eigenvalue weighted by atomic mass is 19.1. The van der Waals surface area contributed by atoms with Crippen molar-refractivity contribution in [2.75, 3.05) is 5.32 Å². The molecule has 0 aliphatic rings. The van der Waals surface area contributed by atoms with Gasteiger partial charge >= 0.3 is 0 Å². The molecule has 0 fully saturated rings. The van der Waals surface area contributed by atoms with Crippen LogP contribution in [0.3, 0.4) is 0 Å². The molecule has 0 radical (unpaired) electrons. The Hall–Kier alpha value is -3.74. The molecule has 4 aromatic rings. The summed E-state index contributed by atoms with van der Waals surface area (Å²) in [5.41, 5.74) is 3.16. The Labute approximate surface area is 173 Å². The zero-order valence-corrected chi connectivity index (χ0v) is 16.7. The van der Waals surface area contributed by atoms with Crippen molar-refractivity contribution in [3.05, 3.63) is 78.2 Å². The second-order valence-corrected chi connectivity index (χ2v) is 7.24. The maximum absolute atomic E-state index is 13.1. The Morgan fingerprint density at radius 1 is 1.10 bits per heavy atom. The summed E-state index contributed by atoms with van der Waals surface area (Å²) in [7, 11) is 0. The lowest BCUT2D eigenvalue weighted by molar-refractivity contribution is -0.116. The van der Waals surface area contributed by atoms with Gasteiger partial charge in [0.15, 0.2) is 0 Å². The van der Waals surface area contributed by atoms with E-state index in [9.17, 15) is 9.18 Å². The summed E-state index contributed by atoms with van der Waals surface area (Å²) < 4.78 is 20.2. The average Bonchev–Trinajstić information content (AvgIpc) is 3.38. The van der Waals surface area contributed by atoms with Crippen molar-refractivity contribution in [2.24, 2.45) is 0 Å². The quantitative estimate of drug-likeness (QED) is 0.485. The lowest BCUT2D eigenvalue weighted by Crippen LogP contribution is -2.19. The zero-order chi connectivity index (χ0) is 21.1. The molecule has 0 aliphatic carbocycles. The number of nitrogens with zero attached hydrogens (tertiary/aromatic N) is 3. The van der Waals surface area contributed by atoms with E-state index in [-0.39, 0.29) is 24.2 Å². The first-order valence-corrected chi connectivity index (χ1v) is 9.65. The summed E-state index contributed by atoms with van der Waals surface area (Å²) in [5.74, 6) is 0.454. The summed E-state index contributed by atoms with van der Waals surface area (Å²) in [6, 6.07) is 17.2. The van der Waals surface area contributed by atoms with Crippen LogP contribution < -0.4 is 5.32 Å². The fourth-order valence-corrected chi connectivity index (χ4v) is 3.25. The van der Waals surface area contributed by atoms with Gasteiger partial charge in [-0.15, -0.1) is 0 Å². The molecule has 0 saturated heterocycles. The van der Waals surface area contributed by atoms with Gasteiger partial charge in [-0.2, -0.15) is 4.98 Å². The summed E-state index contributed by atoms with van der Waals surface area (Å²) in [5, 5.41) is 6.95. The minimum Gasteiger partial charge on any atom is -0.334 e. The lowest BCUT2D eigenvalue weighted by atomic mass is 10.0. The van der Waals surface area contributed by atoms with E-state index in [0.29, 0.717) is 23.0 Å². The molecule has 152 valence electrons. The van der Waals surface area contributed by atoms with Gasteiger partial charge in [-0.3, -0.25) is 4.79 Å². The molecule has 2 heterocycles. The van der Waals surface area contributed by atoms with E-state index in [0.717, 1.165) is 11.3 Å². The van der Waals surface area contributed by atoms with E-state index in [1.54, 1.807) is 29.0 Å². The normalized spacial score (nSPS) is 11.1. The predicted octanol–water partition coefficient (Wildman–Crippen LogP) is 5.11. The lowest BCUT2D eigenvalue weighted by Gasteiger charge is -2.14. The third-order valence-corrected chi connectivity index (χ3v) is 4.75. The molecule has 7 heteroatoms. The van der Waals surface area contributed by atoms with Gasteiger partial charge in [-0.05, 0) is 53.9 Å². The van der Waals surface area contributed by atoms with Gasteiger partial charge in [-0.25, -0.2) is 4.39 Å². The van der Waals surface area contributed by atoms with Crippen molar-refractivity contribution in [1.29, 1.82) is 0 Å². The van der Waals surface area contributed by atoms with E-state index in [1.807, 2.05) is 30.3 Å². The summed E-state index contributed by atoms with van der Waals surface area (Å²) in [6.07, 6.45) is 1.78. The topological polar surface area (TPSA) is 73.0 Å². The number of rotatable bonds is 6. The Bertz CT molecular complexity index is 1160. The third kappa shape index (κ3) is 4.15. The number of amides is 1. The second-order valence-electron chi connectivity index (χ2n) is 7.24. The predicted molar refractivity (Wildman–Crippen MR) is 112 cm³/mol. The molecule has 30 heavy (non-hydrogen) atoms.